The van der Waals surface area contributed by atoms with E-state index in [0.29, 0.717) is 10.6 Å². The van der Waals surface area contributed by atoms with Crippen molar-refractivity contribution in [2.24, 2.45) is 0 Å². The Balaban J connectivity index is 1.57. The molecule has 3 aromatic rings. The maximum Gasteiger partial charge on any atom is 0.345 e. The smallest absolute Gasteiger partial charge is 0.267 e. The van der Waals surface area contributed by atoms with Crippen molar-refractivity contribution in [2.45, 2.75) is 9.79 Å². The third-order valence-electron chi connectivity index (χ3n) is 4.02. The molecule has 7 heteroatoms. The summed E-state index contributed by atoms with van der Waals surface area (Å²) in [5, 5.41) is 0.537. The predicted octanol–water partition coefficient (Wildman–Crippen LogP) is 5.00. The van der Waals surface area contributed by atoms with Gasteiger partial charge in [0.1, 0.15) is 0 Å². The lowest BCUT2D eigenvalue weighted by Gasteiger charge is -2.30. The summed E-state index contributed by atoms with van der Waals surface area (Å²) in [7, 11) is 0. The number of hydrogen-bond donors (Lipinski definition) is 2. The van der Waals surface area contributed by atoms with Gasteiger partial charge in [0.05, 0.1) is 11.4 Å². The standard InChI is InChI=1S/C20H14ClN3O2S/c21-14-11-9-13(10-12-14)19(25)22-23-20(26)24-15-5-1-3-7-17(15)27-18-8-4-2-6-16(18)24/h1-12H,(H,22,25)(H,23,26). The minimum Gasteiger partial charge on any atom is -0.267 e. The quantitative estimate of drug-likeness (QED) is 0.570. The summed E-state index contributed by atoms with van der Waals surface area (Å²) in [5.41, 5.74) is 6.86. The number of para-hydroxylation sites is 2. The molecule has 134 valence electrons. The van der Waals surface area contributed by atoms with Gasteiger partial charge in [0.15, 0.2) is 0 Å². The van der Waals surface area contributed by atoms with Crippen LogP contribution < -0.4 is 15.8 Å². The van der Waals surface area contributed by atoms with E-state index < -0.39 is 11.9 Å². The van der Waals surface area contributed by atoms with Crippen LogP contribution in [0.3, 0.4) is 0 Å². The van der Waals surface area contributed by atoms with Crippen LogP contribution >= 0.6 is 23.4 Å². The average molecular weight is 396 g/mol. The van der Waals surface area contributed by atoms with Gasteiger partial charge in [-0.15, -0.1) is 0 Å². The Kier molecular flexibility index (Phi) is 4.75. The lowest BCUT2D eigenvalue weighted by molar-refractivity contribution is 0.0937. The monoisotopic (exact) mass is 395 g/mol. The SMILES string of the molecule is O=C(NNC(=O)N1c2ccccc2Sc2ccccc21)c1ccc(Cl)cc1. The summed E-state index contributed by atoms with van der Waals surface area (Å²) in [6.07, 6.45) is 0. The molecule has 27 heavy (non-hydrogen) atoms. The van der Waals surface area contributed by atoms with E-state index in [-0.39, 0.29) is 0 Å². The third-order valence-corrected chi connectivity index (χ3v) is 5.41. The molecular formula is C20H14ClN3O2S. The summed E-state index contributed by atoms with van der Waals surface area (Å²) >= 11 is 7.44. The highest BCUT2D eigenvalue weighted by Gasteiger charge is 2.28. The molecule has 0 aromatic heterocycles. The highest BCUT2D eigenvalue weighted by atomic mass is 35.5. The van der Waals surface area contributed by atoms with Crippen LogP contribution in [0.15, 0.2) is 82.6 Å². The Morgan fingerprint density at radius 1 is 0.778 bits per heavy atom. The Morgan fingerprint density at radius 3 is 1.93 bits per heavy atom. The van der Waals surface area contributed by atoms with Crippen molar-refractivity contribution in [1.29, 1.82) is 0 Å². The van der Waals surface area contributed by atoms with Crippen LogP contribution in [-0.4, -0.2) is 11.9 Å². The van der Waals surface area contributed by atoms with Gasteiger partial charge >= 0.3 is 6.03 Å². The average Bonchev–Trinajstić information content (AvgIpc) is 2.70. The zero-order valence-electron chi connectivity index (χ0n) is 14.0. The first-order valence-electron chi connectivity index (χ1n) is 8.15. The molecule has 0 fully saturated rings. The zero-order chi connectivity index (χ0) is 18.8. The molecule has 0 spiro atoms. The van der Waals surface area contributed by atoms with E-state index in [9.17, 15) is 9.59 Å². The number of hydrogen-bond acceptors (Lipinski definition) is 3. The minimum absolute atomic E-state index is 0.398. The first-order valence-corrected chi connectivity index (χ1v) is 9.35. The number of rotatable bonds is 1. The number of amides is 3. The topological polar surface area (TPSA) is 61.4 Å². The molecule has 0 aliphatic carbocycles. The van der Waals surface area contributed by atoms with Crippen molar-refractivity contribution in [2.75, 3.05) is 4.90 Å². The number of nitrogens with zero attached hydrogens (tertiary/aromatic N) is 1. The summed E-state index contributed by atoms with van der Waals surface area (Å²) in [5.74, 6) is -0.423. The number of anilines is 2. The van der Waals surface area contributed by atoms with Crippen molar-refractivity contribution in [1.82, 2.24) is 10.9 Å². The molecule has 0 atom stereocenters. The van der Waals surface area contributed by atoms with Gasteiger partial charge in [-0.2, -0.15) is 0 Å². The lowest BCUT2D eigenvalue weighted by atomic mass is 10.2. The van der Waals surface area contributed by atoms with Crippen LogP contribution in [0.2, 0.25) is 5.02 Å². The number of benzene rings is 3. The number of urea groups is 1. The summed E-state index contributed by atoms with van der Waals surface area (Å²) in [6, 6.07) is 21.2. The fourth-order valence-corrected chi connectivity index (χ4v) is 3.95. The van der Waals surface area contributed by atoms with E-state index in [1.165, 1.54) is 0 Å². The van der Waals surface area contributed by atoms with Crippen molar-refractivity contribution in [3.05, 3.63) is 83.4 Å². The second kappa shape index (κ2) is 7.34. The van der Waals surface area contributed by atoms with Gasteiger partial charge in [0.25, 0.3) is 5.91 Å². The highest BCUT2D eigenvalue weighted by Crippen LogP contribution is 2.47. The van der Waals surface area contributed by atoms with Gasteiger partial charge in [-0.3, -0.25) is 15.1 Å². The normalized spacial score (nSPS) is 12.0. The predicted molar refractivity (Wildman–Crippen MR) is 107 cm³/mol. The largest absolute Gasteiger partial charge is 0.345 e. The highest BCUT2D eigenvalue weighted by molar-refractivity contribution is 7.99. The van der Waals surface area contributed by atoms with Crippen molar-refractivity contribution >= 4 is 46.7 Å². The minimum atomic E-state index is -0.447. The maximum absolute atomic E-state index is 12.9. The van der Waals surface area contributed by atoms with Gasteiger partial charge in [-0.1, -0.05) is 47.6 Å². The van der Waals surface area contributed by atoms with Gasteiger partial charge in [-0.05, 0) is 48.5 Å². The molecule has 0 saturated carbocycles. The van der Waals surface area contributed by atoms with Crippen LogP contribution in [0.4, 0.5) is 16.2 Å². The van der Waals surface area contributed by atoms with Crippen molar-refractivity contribution in [3.8, 4) is 0 Å². The van der Waals surface area contributed by atoms with Crippen LogP contribution in [-0.2, 0) is 0 Å². The second-order valence-electron chi connectivity index (χ2n) is 5.76. The zero-order valence-corrected chi connectivity index (χ0v) is 15.6. The van der Waals surface area contributed by atoms with Crippen molar-refractivity contribution < 1.29 is 9.59 Å². The molecule has 0 unspecified atom stereocenters. The Bertz CT molecular complexity index is 978. The van der Waals surface area contributed by atoms with Gasteiger partial charge in [-0.25, -0.2) is 10.2 Å². The number of fused-ring (bicyclic) bond motifs is 2. The summed E-state index contributed by atoms with van der Waals surface area (Å²) in [4.78, 5) is 28.6. The molecular weight excluding hydrogens is 382 g/mol. The number of halogens is 1. The Labute approximate surface area is 165 Å². The number of hydrazine groups is 1. The molecule has 3 aromatic carbocycles. The fourth-order valence-electron chi connectivity index (χ4n) is 2.76. The molecule has 1 aliphatic heterocycles. The summed E-state index contributed by atoms with van der Waals surface area (Å²) < 4.78 is 0. The van der Waals surface area contributed by atoms with E-state index in [0.717, 1.165) is 21.2 Å². The molecule has 1 heterocycles. The maximum atomic E-state index is 12.9. The van der Waals surface area contributed by atoms with Gasteiger partial charge < -0.3 is 0 Å². The number of nitrogens with one attached hydrogen (secondary N) is 2. The molecule has 4 rings (SSSR count). The van der Waals surface area contributed by atoms with Gasteiger partial charge in [0.2, 0.25) is 0 Å². The van der Waals surface area contributed by atoms with Crippen LogP contribution in [0.5, 0.6) is 0 Å². The fraction of sp³-hybridized carbons (Fsp3) is 0. The second-order valence-corrected chi connectivity index (χ2v) is 7.28. The first-order chi connectivity index (χ1) is 13.1. The Morgan fingerprint density at radius 2 is 1.33 bits per heavy atom. The van der Waals surface area contributed by atoms with E-state index in [2.05, 4.69) is 10.9 Å². The van der Waals surface area contributed by atoms with E-state index in [1.54, 1.807) is 40.9 Å². The number of carbonyl (C=O) groups is 2. The lowest BCUT2D eigenvalue weighted by Crippen LogP contribution is -2.48. The third kappa shape index (κ3) is 3.49. The van der Waals surface area contributed by atoms with Crippen molar-refractivity contribution in [3.63, 3.8) is 0 Å². The summed E-state index contributed by atoms with van der Waals surface area (Å²) in [6.45, 7) is 0. The molecule has 0 radical (unpaired) electrons. The molecule has 5 nitrogen and oxygen atoms in total. The molecule has 1 aliphatic rings. The first kappa shape index (κ1) is 17.5. The van der Waals surface area contributed by atoms with Crippen LogP contribution in [0, 0.1) is 0 Å². The Hall–Kier alpha value is -2.96. The molecule has 0 bridgehead atoms. The van der Waals surface area contributed by atoms with E-state index in [4.69, 9.17) is 11.6 Å². The molecule has 3 amide bonds. The number of carbonyl (C=O) groups excluding carboxylic acids is 2. The van der Waals surface area contributed by atoms with Crippen LogP contribution in [0.25, 0.3) is 0 Å². The van der Waals surface area contributed by atoms with Crippen LogP contribution in [0.1, 0.15) is 10.4 Å². The van der Waals surface area contributed by atoms with E-state index >= 15 is 0 Å². The molecule has 0 saturated heterocycles. The van der Waals surface area contributed by atoms with Gasteiger partial charge in [0, 0.05) is 20.4 Å². The molecule has 2 N–H and O–H groups in total. The van der Waals surface area contributed by atoms with E-state index in [1.807, 2.05) is 48.5 Å².